The highest BCUT2D eigenvalue weighted by atomic mass is 32.1. The Balaban J connectivity index is 2.14. The van der Waals surface area contributed by atoms with E-state index in [9.17, 15) is 0 Å². The highest BCUT2D eigenvalue weighted by Gasteiger charge is 2.42. The van der Waals surface area contributed by atoms with Gasteiger partial charge in [-0.15, -0.1) is 0 Å². The summed E-state index contributed by atoms with van der Waals surface area (Å²) in [4.78, 5) is 6.92. The van der Waals surface area contributed by atoms with Crippen molar-refractivity contribution in [1.29, 1.82) is 0 Å². The Bertz CT molecular complexity index is 764. The second-order valence-corrected chi connectivity index (χ2v) is 7.80. The quantitative estimate of drug-likeness (QED) is 0.820. The summed E-state index contributed by atoms with van der Waals surface area (Å²) in [5.41, 5.74) is 4.98. The van der Waals surface area contributed by atoms with E-state index < -0.39 is 0 Å². The fraction of sp³-hybridized carbons (Fsp3) is 0.500. The Morgan fingerprint density at radius 1 is 1.12 bits per heavy atom. The third-order valence-corrected chi connectivity index (χ3v) is 5.38. The molecule has 1 N–H and O–H groups in total. The van der Waals surface area contributed by atoms with Gasteiger partial charge in [-0.05, 0) is 77.5 Å². The lowest BCUT2D eigenvalue weighted by molar-refractivity contribution is 0.268. The van der Waals surface area contributed by atoms with Gasteiger partial charge in [0.25, 0.3) is 0 Å². The summed E-state index contributed by atoms with van der Waals surface area (Å²) < 4.78 is 2.41. The van der Waals surface area contributed by atoms with Crippen LogP contribution in [0.2, 0.25) is 0 Å². The van der Waals surface area contributed by atoms with E-state index in [0.717, 1.165) is 10.8 Å². The lowest BCUT2D eigenvalue weighted by Gasteiger charge is -2.31. The fourth-order valence-electron chi connectivity index (χ4n) is 4.15. The maximum Gasteiger partial charge on any atom is 0.170 e. The van der Waals surface area contributed by atoms with Crippen molar-refractivity contribution < 1.29 is 0 Å². The Morgan fingerprint density at radius 3 is 2.36 bits per heavy atom. The predicted molar refractivity (Wildman–Crippen MR) is 107 cm³/mol. The number of nitrogens with one attached hydrogen (secondary N) is 1. The van der Waals surface area contributed by atoms with Crippen molar-refractivity contribution in [2.24, 2.45) is 0 Å². The van der Waals surface area contributed by atoms with Gasteiger partial charge < -0.3 is 14.8 Å². The molecule has 2 aromatic rings. The van der Waals surface area contributed by atoms with Gasteiger partial charge in [-0.25, -0.2) is 0 Å². The lowest BCUT2D eigenvalue weighted by atomic mass is 9.96. The van der Waals surface area contributed by atoms with Gasteiger partial charge in [-0.1, -0.05) is 6.07 Å². The van der Waals surface area contributed by atoms with E-state index in [4.69, 9.17) is 12.2 Å². The van der Waals surface area contributed by atoms with Gasteiger partial charge in [0.15, 0.2) is 5.11 Å². The number of rotatable bonds is 4. The summed E-state index contributed by atoms with van der Waals surface area (Å²) in [6.45, 7) is 13.3. The molecule has 0 bridgehead atoms. The van der Waals surface area contributed by atoms with Gasteiger partial charge in [-0.3, -0.25) is 4.98 Å². The van der Waals surface area contributed by atoms with Crippen LogP contribution in [0.25, 0.3) is 0 Å². The van der Waals surface area contributed by atoms with Gasteiger partial charge in [0.1, 0.15) is 0 Å². The molecule has 5 heteroatoms. The van der Waals surface area contributed by atoms with Gasteiger partial charge >= 0.3 is 0 Å². The van der Waals surface area contributed by atoms with Crippen LogP contribution >= 0.6 is 12.2 Å². The zero-order valence-corrected chi connectivity index (χ0v) is 16.8. The molecule has 25 heavy (non-hydrogen) atoms. The molecular weight excluding hydrogens is 328 g/mol. The zero-order valence-electron chi connectivity index (χ0n) is 15.9. The summed E-state index contributed by atoms with van der Waals surface area (Å²) in [5.74, 6) is 0. The average molecular weight is 357 g/mol. The van der Waals surface area contributed by atoms with Gasteiger partial charge in [0.2, 0.25) is 0 Å². The summed E-state index contributed by atoms with van der Waals surface area (Å²) in [6.07, 6.45) is 1.85. The minimum absolute atomic E-state index is 0.0669. The van der Waals surface area contributed by atoms with E-state index in [1.165, 1.54) is 17.0 Å². The maximum absolute atomic E-state index is 5.69. The number of thiocarbonyl (C=S) groups is 1. The van der Waals surface area contributed by atoms with Crippen LogP contribution in [-0.4, -0.2) is 25.6 Å². The standard InChI is InChI=1S/C20H28N4S/c1-12(2)23-14(5)11-16(15(23)6)19-18(17-9-7-8-10-21-17)22-20(25)24(19)13(3)4/h7-13,18-19H,1-6H3,(H,22,25)/t18-,19-/m0/s1. The van der Waals surface area contributed by atoms with Crippen LogP contribution in [0.1, 0.15) is 68.5 Å². The van der Waals surface area contributed by atoms with Crippen molar-refractivity contribution in [3.05, 3.63) is 53.1 Å². The molecule has 1 saturated heterocycles. The fourth-order valence-corrected chi connectivity index (χ4v) is 4.60. The normalized spacial score (nSPS) is 20.6. The van der Waals surface area contributed by atoms with Crippen molar-refractivity contribution in [2.75, 3.05) is 0 Å². The van der Waals surface area contributed by atoms with E-state index in [2.05, 4.69) is 73.4 Å². The number of aromatic nitrogens is 2. The number of nitrogens with zero attached hydrogens (tertiary/aromatic N) is 3. The Kier molecular flexibility index (Phi) is 4.87. The van der Waals surface area contributed by atoms with Crippen molar-refractivity contribution in [1.82, 2.24) is 19.8 Å². The number of pyridine rings is 1. The first-order valence-electron chi connectivity index (χ1n) is 9.01. The van der Waals surface area contributed by atoms with E-state index in [0.29, 0.717) is 12.1 Å². The Morgan fingerprint density at radius 2 is 1.84 bits per heavy atom. The van der Waals surface area contributed by atoms with Crippen molar-refractivity contribution in [3.8, 4) is 0 Å². The van der Waals surface area contributed by atoms with Crippen LogP contribution in [0.5, 0.6) is 0 Å². The molecule has 0 radical (unpaired) electrons. The molecule has 3 heterocycles. The number of hydrogen-bond acceptors (Lipinski definition) is 2. The minimum atomic E-state index is 0.0669. The predicted octanol–water partition coefficient (Wildman–Crippen LogP) is 4.46. The average Bonchev–Trinajstić information content (AvgIpc) is 3.04. The first kappa shape index (κ1) is 17.9. The van der Waals surface area contributed by atoms with Gasteiger partial charge in [0, 0.05) is 29.7 Å². The monoisotopic (exact) mass is 356 g/mol. The van der Waals surface area contributed by atoms with Crippen LogP contribution in [0, 0.1) is 13.8 Å². The number of aryl methyl sites for hydroxylation is 1. The first-order valence-corrected chi connectivity index (χ1v) is 9.41. The smallest absolute Gasteiger partial charge is 0.170 e. The molecule has 0 spiro atoms. The minimum Gasteiger partial charge on any atom is -0.352 e. The highest BCUT2D eigenvalue weighted by molar-refractivity contribution is 7.80. The van der Waals surface area contributed by atoms with Crippen LogP contribution < -0.4 is 5.32 Å². The lowest BCUT2D eigenvalue weighted by Crippen LogP contribution is -2.35. The third-order valence-electron chi connectivity index (χ3n) is 5.05. The second kappa shape index (κ2) is 6.79. The molecule has 1 aliphatic heterocycles. The second-order valence-electron chi connectivity index (χ2n) is 7.42. The van der Waals surface area contributed by atoms with Crippen LogP contribution in [0.15, 0.2) is 30.5 Å². The molecule has 1 fully saturated rings. The molecule has 2 atom stereocenters. The van der Waals surface area contributed by atoms with Crippen LogP contribution in [0.3, 0.4) is 0 Å². The molecule has 0 unspecified atom stereocenters. The van der Waals surface area contributed by atoms with Crippen molar-refractivity contribution in [3.63, 3.8) is 0 Å². The molecule has 3 rings (SSSR count). The van der Waals surface area contributed by atoms with Crippen LogP contribution in [-0.2, 0) is 0 Å². The van der Waals surface area contributed by atoms with E-state index in [1.807, 2.05) is 18.3 Å². The summed E-state index contributed by atoms with van der Waals surface area (Å²) in [5, 5.41) is 4.33. The number of hydrogen-bond donors (Lipinski definition) is 1. The topological polar surface area (TPSA) is 33.1 Å². The molecule has 2 aromatic heterocycles. The molecule has 0 saturated carbocycles. The highest BCUT2D eigenvalue weighted by Crippen LogP contribution is 2.42. The van der Waals surface area contributed by atoms with Crippen molar-refractivity contribution in [2.45, 2.75) is 65.7 Å². The molecule has 134 valence electrons. The molecule has 0 aromatic carbocycles. The first-order chi connectivity index (χ1) is 11.8. The summed E-state index contributed by atoms with van der Waals surface area (Å²) >= 11 is 5.69. The van der Waals surface area contributed by atoms with E-state index in [-0.39, 0.29) is 12.1 Å². The maximum atomic E-state index is 5.69. The Hall–Kier alpha value is -1.88. The zero-order chi connectivity index (χ0) is 18.3. The molecular formula is C20H28N4S. The molecule has 4 nitrogen and oxygen atoms in total. The largest absolute Gasteiger partial charge is 0.352 e. The molecule has 0 aliphatic carbocycles. The molecule has 0 amide bonds. The summed E-state index contributed by atoms with van der Waals surface area (Å²) in [6, 6.07) is 9.38. The van der Waals surface area contributed by atoms with Gasteiger partial charge in [-0.2, -0.15) is 0 Å². The Labute approximate surface area is 156 Å². The third kappa shape index (κ3) is 3.06. The SMILES string of the molecule is Cc1cc([C@H]2[C@H](c3ccccn3)NC(=S)N2C(C)C)c(C)n1C(C)C. The van der Waals surface area contributed by atoms with Gasteiger partial charge in [0.05, 0.1) is 17.8 Å². The van der Waals surface area contributed by atoms with E-state index in [1.54, 1.807) is 0 Å². The molecule has 1 aliphatic rings. The van der Waals surface area contributed by atoms with E-state index >= 15 is 0 Å². The van der Waals surface area contributed by atoms with Crippen LogP contribution in [0.4, 0.5) is 0 Å². The van der Waals surface area contributed by atoms with Crippen molar-refractivity contribution >= 4 is 17.3 Å². The summed E-state index contributed by atoms with van der Waals surface area (Å²) in [7, 11) is 0.